The van der Waals surface area contributed by atoms with Crippen molar-refractivity contribution in [3.8, 4) is 11.5 Å². The van der Waals surface area contributed by atoms with E-state index in [9.17, 15) is 17.6 Å². The fraction of sp³-hybridized carbons (Fsp3) is 0.500. The highest BCUT2D eigenvalue weighted by Crippen LogP contribution is 2.27. The molecule has 0 saturated carbocycles. The van der Waals surface area contributed by atoms with Gasteiger partial charge < -0.3 is 19.9 Å². The number of hydrogen-bond donors (Lipinski definition) is 2. The molecule has 0 aliphatic heterocycles. The minimum absolute atomic E-state index is 0.127. The smallest absolute Gasteiger partial charge is 0.387 e. The summed E-state index contributed by atoms with van der Waals surface area (Å²) >= 11 is 0. The molecule has 0 radical (unpaired) electrons. The number of halogens is 4. The minimum Gasteiger partial charge on any atom is -0.435 e. The summed E-state index contributed by atoms with van der Waals surface area (Å²) in [5.41, 5.74) is 0.340. The third kappa shape index (κ3) is 5.62. The summed E-state index contributed by atoms with van der Waals surface area (Å²) in [6.45, 7) is -4.42. The summed E-state index contributed by atoms with van der Waals surface area (Å²) in [6, 6.07) is 3.29. The molecule has 0 bridgehead atoms. The van der Waals surface area contributed by atoms with Gasteiger partial charge in [0.1, 0.15) is 11.5 Å². The molecule has 8 heteroatoms. The fourth-order valence-electron chi connectivity index (χ4n) is 1.41. The molecule has 4 nitrogen and oxygen atoms in total. The number of ether oxygens (including phenoxy) is 2. The van der Waals surface area contributed by atoms with Crippen LogP contribution in [0.4, 0.5) is 17.6 Å². The van der Waals surface area contributed by atoms with E-state index in [1.807, 2.05) is 0 Å². The maximum absolute atomic E-state index is 12.3. The average molecular weight is 297 g/mol. The van der Waals surface area contributed by atoms with Gasteiger partial charge in [-0.15, -0.1) is 0 Å². The van der Waals surface area contributed by atoms with Crippen molar-refractivity contribution in [1.29, 1.82) is 0 Å². The fourth-order valence-corrected chi connectivity index (χ4v) is 1.41. The molecule has 0 heterocycles. The van der Waals surface area contributed by atoms with E-state index in [2.05, 4.69) is 14.8 Å². The number of alkyl halides is 4. The second-order valence-corrected chi connectivity index (χ2v) is 3.99. The van der Waals surface area contributed by atoms with E-state index in [0.717, 1.165) is 6.07 Å². The first-order valence-electron chi connectivity index (χ1n) is 5.79. The molecular weight excluding hydrogens is 282 g/mol. The van der Waals surface area contributed by atoms with Crippen LogP contribution in [0.1, 0.15) is 12.5 Å². The SMILES string of the molecule is C[C@H](CO)NCc1ccc(OC(F)F)cc1OC(F)F. The summed E-state index contributed by atoms with van der Waals surface area (Å²) in [4.78, 5) is 0. The van der Waals surface area contributed by atoms with Crippen molar-refractivity contribution >= 4 is 0 Å². The van der Waals surface area contributed by atoms with Gasteiger partial charge in [0.25, 0.3) is 0 Å². The number of rotatable bonds is 8. The number of hydrogen-bond acceptors (Lipinski definition) is 4. The zero-order valence-electron chi connectivity index (χ0n) is 10.7. The summed E-state index contributed by atoms with van der Waals surface area (Å²) in [6.07, 6.45) is 0. The summed E-state index contributed by atoms with van der Waals surface area (Å²) in [5, 5.41) is 11.7. The molecule has 0 saturated heterocycles. The van der Waals surface area contributed by atoms with Crippen LogP contribution in [-0.2, 0) is 6.54 Å². The molecule has 0 aliphatic rings. The molecule has 1 aromatic rings. The van der Waals surface area contributed by atoms with E-state index >= 15 is 0 Å². The lowest BCUT2D eigenvalue weighted by Crippen LogP contribution is -2.28. The van der Waals surface area contributed by atoms with Gasteiger partial charge in [0.2, 0.25) is 0 Å². The van der Waals surface area contributed by atoms with Crippen molar-refractivity contribution in [2.24, 2.45) is 0 Å². The number of aliphatic hydroxyl groups excluding tert-OH is 1. The Balaban J connectivity index is 2.85. The first kappa shape index (κ1) is 16.5. The molecule has 0 unspecified atom stereocenters. The Hall–Kier alpha value is -1.54. The molecule has 1 rings (SSSR count). The first-order chi connectivity index (χ1) is 9.42. The molecule has 1 atom stereocenters. The van der Waals surface area contributed by atoms with Crippen molar-refractivity contribution < 1.29 is 32.1 Å². The van der Waals surface area contributed by atoms with Gasteiger partial charge in [0, 0.05) is 24.2 Å². The van der Waals surface area contributed by atoms with E-state index in [-0.39, 0.29) is 30.7 Å². The Kier molecular flexibility index (Phi) is 6.53. The quantitative estimate of drug-likeness (QED) is 0.723. The lowest BCUT2D eigenvalue weighted by molar-refractivity contribution is -0.0547. The Labute approximate surface area is 113 Å². The van der Waals surface area contributed by atoms with E-state index < -0.39 is 13.2 Å². The van der Waals surface area contributed by atoms with Crippen molar-refractivity contribution in [3.63, 3.8) is 0 Å². The molecule has 0 fully saturated rings. The van der Waals surface area contributed by atoms with Gasteiger partial charge in [-0.2, -0.15) is 17.6 Å². The number of nitrogens with one attached hydrogen (secondary N) is 1. The molecule has 0 amide bonds. The van der Waals surface area contributed by atoms with Gasteiger partial charge in [-0.05, 0) is 13.0 Å². The van der Waals surface area contributed by atoms with E-state index in [1.54, 1.807) is 6.92 Å². The highest BCUT2D eigenvalue weighted by Gasteiger charge is 2.13. The molecule has 0 aliphatic carbocycles. The van der Waals surface area contributed by atoms with Gasteiger partial charge in [-0.1, -0.05) is 6.07 Å². The highest BCUT2D eigenvalue weighted by molar-refractivity contribution is 5.40. The van der Waals surface area contributed by atoms with Gasteiger partial charge in [-0.25, -0.2) is 0 Å². The van der Waals surface area contributed by atoms with Crippen LogP contribution in [0.25, 0.3) is 0 Å². The summed E-state index contributed by atoms with van der Waals surface area (Å²) < 4.78 is 57.1. The average Bonchev–Trinajstić information content (AvgIpc) is 2.36. The van der Waals surface area contributed by atoms with Crippen LogP contribution >= 0.6 is 0 Å². The van der Waals surface area contributed by atoms with Crippen LogP contribution in [0.5, 0.6) is 11.5 Å². The van der Waals surface area contributed by atoms with Crippen LogP contribution in [0.2, 0.25) is 0 Å². The maximum atomic E-state index is 12.3. The van der Waals surface area contributed by atoms with Crippen LogP contribution in [0.15, 0.2) is 18.2 Å². The largest absolute Gasteiger partial charge is 0.435 e. The first-order valence-corrected chi connectivity index (χ1v) is 5.79. The lowest BCUT2D eigenvalue weighted by atomic mass is 10.2. The summed E-state index contributed by atoms with van der Waals surface area (Å²) in [5.74, 6) is -0.523. The van der Waals surface area contributed by atoms with Crippen LogP contribution in [0.3, 0.4) is 0 Å². The third-order valence-corrected chi connectivity index (χ3v) is 2.39. The molecule has 114 valence electrons. The number of benzene rings is 1. The Morgan fingerprint density at radius 1 is 1.15 bits per heavy atom. The standard InChI is InChI=1S/C12H15F4NO3/c1-7(6-18)17-5-8-2-3-9(19-11(13)14)4-10(8)20-12(15)16/h2-4,7,11-12,17-18H,5-6H2,1H3/t7-/m1/s1. The van der Waals surface area contributed by atoms with Crippen molar-refractivity contribution in [2.45, 2.75) is 32.7 Å². The van der Waals surface area contributed by atoms with Crippen LogP contribution in [-0.4, -0.2) is 31.0 Å². The molecule has 0 spiro atoms. The second kappa shape index (κ2) is 7.91. The Bertz CT molecular complexity index is 418. The Morgan fingerprint density at radius 2 is 1.80 bits per heavy atom. The molecule has 0 aromatic heterocycles. The Morgan fingerprint density at radius 3 is 2.35 bits per heavy atom. The van der Waals surface area contributed by atoms with Crippen LogP contribution < -0.4 is 14.8 Å². The molecule has 2 N–H and O–H groups in total. The van der Waals surface area contributed by atoms with Crippen molar-refractivity contribution in [3.05, 3.63) is 23.8 Å². The zero-order chi connectivity index (χ0) is 15.1. The zero-order valence-corrected chi connectivity index (χ0v) is 10.7. The third-order valence-electron chi connectivity index (χ3n) is 2.39. The van der Waals surface area contributed by atoms with Crippen molar-refractivity contribution in [1.82, 2.24) is 5.32 Å². The van der Waals surface area contributed by atoms with Gasteiger partial charge in [0.05, 0.1) is 6.61 Å². The highest BCUT2D eigenvalue weighted by atomic mass is 19.3. The van der Waals surface area contributed by atoms with E-state index in [1.165, 1.54) is 12.1 Å². The van der Waals surface area contributed by atoms with Crippen LogP contribution in [0, 0.1) is 0 Å². The lowest BCUT2D eigenvalue weighted by Gasteiger charge is -2.15. The van der Waals surface area contributed by atoms with Gasteiger partial charge in [0.15, 0.2) is 0 Å². The summed E-state index contributed by atoms with van der Waals surface area (Å²) in [7, 11) is 0. The number of aliphatic hydroxyl groups is 1. The topological polar surface area (TPSA) is 50.7 Å². The predicted octanol–water partition coefficient (Wildman–Crippen LogP) is 2.36. The predicted molar refractivity (Wildman–Crippen MR) is 63.1 cm³/mol. The van der Waals surface area contributed by atoms with E-state index in [4.69, 9.17) is 5.11 Å². The minimum atomic E-state index is -3.08. The molecule has 20 heavy (non-hydrogen) atoms. The monoisotopic (exact) mass is 297 g/mol. The normalized spacial score (nSPS) is 12.8. The second-order valence-electron chi connectivity index (χ2n) is 3.99. The van der Waals surface area contributed by atoms with E-state index in [0.29, 0.717) is 5.56 Å². The van der Waals surface area contributed by atoms with Crippen molar-refractivity contribution in [2.75, 3.05) is 6.61 Å². The van der Waals surface area contributed by atoms with Gasteiger partial charge in [-0.3, -0.25) is 0 Å². The molecule has 1 aromatic carbocycles. The maximum Gasteiger partial charge on any atom is 0.387 e. The molecular formula is C12H15F4NO3. The van der Waals surface area contributed by atoms with Gasteiger partial charge >= 0.3 is 13.2 Å².